The second-order valence-corrected chi connectivity index (χ2v) is 12.6. The Balaban J connectivity index is 1.58. The molecular formula is C35H28ClF6N3O5. The molecule has 0 saturated carbocycles. The van der Waals surface area contributed by atoms with Crippen molar-refractivity contribution in [1.82, 2.24) is 14.8 Å². The highest BCUT2D eigenvalue weighted by Gasteiger charge is 2.38. The van der Waals surface area contributed by atoms with Crippen LogP contribution >= 0.6 is 11.6 Å². The summed E-state index contributed by atoms with van der Waals surface area (Å²) in [6, 6.07) is 7.41. The van der Waals surface area contributed by atoms with E-state index in [0.29, 0.717) is 21.3 Å². The van der Waals surface area contributed by atoms with Crippen LogP contribution in [0.3, 0.4) is 0 Å². The van der Waals surface area contributed by atoms with Crippen molar-refractivity contribution >= 4 is 23.5 Å². The van der Waals surface area contributed by atoms with E-state index >= 15 is 8.78 Å². The standard InChI is InChI=1S/C35H28ClF6N3O5/c1-17-3-2-4-28-31(17)19-9-23(32(39)25(36)10-19)27(13-30(47)48)43-34(49)33(22-11-21(50-28)5-6-26(22)38)45-14-18(7-8-44-15-20(37)16-44)24(12-29(45)46)35(40,41)42/h2-6,9-12,14,20,27,33H,7-8,13,15-16H2,1H3,(H,43,49)(H,47,48)/t27-,33-/m0/s1. The van der Waals surface area contributed by atoms with Crippen LogP contribution in [-0.4, -0.2) is 52.3 Å². The van der Waals surface area contributed by atoms with Gasteiger partial charge in [-0.3, -0.25) is 23.9 Å². The van der Waals surface area contributed by atoms with Crippen molar-refractivity contribution in [3.05, 3.63) is 116 Å². The Morgan fingerprint density at radius 1 is 1.06 bits per heavy atom. The van der Waals surface area contributed by atoms with Crippen LogP contribution in [-0.2, 0) is 22.2 Å². The lowest BCUT2D eigenvalue weighted by molar-refractivity contribution is -0.139. The Morgan fingerprint density at radius 2 is 1.80 bits per heavy atom. The molecule has 1 amide bonds. The van der Waals surface area contributed by atoms with E-state index in [1.165, 1.54) is 18.2 Å². The molecule has 15 heteroatoms. The highest BCUT2D eigenvalue weighted by atomic mass is 35.5. The predicted molar refractivity (Wildman–Crippen MR) is 170 cm³/mol. The van der Waals surface area contributed by atoms with E-state index in [9.17, 15) is 37.1 Å². The molecule has 4 aromatic rings. The second kappa shape index (κ2) is 13.5. The topological polar surface area (TPSA) is 101 Å². The van der Waals surface area contributed by atoms with E-state index in [4.69, 9.17) is 16.3 Å². The Kier molecular flexibility index (Phi) is 9.44. The van der Waals surface area contributed by atoms with Crippen molar-refractivity contribution in [2.75, 3.05) is 19.6 Å². The molecule has 0 aliphatic carbocycles. The van der Waals surface area contributed by atoms with Gasteiger partial charge < -0.3 is 15.2 Å². The maximum Gasteiger partial charge on any atom is 0.416 e. The smallest absolute Gasteiger partial charge is 0.416 e. The third-order valence-corrected chi connectivity index (χ3v) is 9.02. The Morgan fingerprint density at radius 3 is 2.48 bits per heavy atom. The number of halogens is 7. The summed E-state index contributed by atoms with van der Waals surface area (Å²) in [6.07, 6.45) is -6.53. The molecule has 1 fully saturated rings. The Labute approximate surface area is 285 Å². The van der Waals surface area contributed by atoms with Gasteiger partial charge in [-0.25, -0.2) is 13.2 Å². The third kappa shape index (κ3) is 6.94. The number of pyridine rings is 1. The molecular weight excluding hydrogens is 692 g/mol. The number of hydrogen-bond acceptors (Lipinski definition) is 5. The highest BCUT2D eigenvalue weighted by molar-refractivity contribution is 6.31. The van der Waals surface area contributed by atoms with Crippen molar-refractivity contribution in [3.63, 3.8) is 0 Å². The Hall–Kier alpha value is -4.82. The molecule has 1 aromatic heterocycles. The average Bonchev–Trinajstić information content (AvgIpc) is 3.02. The minimum atomic E-state index is -4.99. The first-order valence-electron chi connectivity index (χ1n) is 15.4. The highest BCUT2D eigenvalue weighted by Crippen LogP contribution is 2.41. The van der Waals surface area contributed by atoms with Crippen molar-refractivity contribution in [3.8, 4) is 22.6 Å². The summed E-state index contributed by atoms with van der Waals surface area (Å²) < 4.78 is 94.1. The van der Waals surface area contributed by atoms with Crippen molar-refractivity contribution in [2.24, 2.45) is 0 Å². The fraction of sp³-hybridized carbons (Fsp3) is 0.286. The minimum Gasteiger partial charge on any atom is -0.481 e. The van der Waals surface area contributed by atoms with E-state index in [1.54, 1.807) is 30.0 Å². The number of amides is 1. The van der Waals surface area contributed by atoms with Crippen LogP contribution in [0.2, 0.25) is 5.02 Å². The molecule has 2 aliphatic rings. The van der Waals surface area contributed by atoms with Crippen molar-refractivity contribution < 1.29 is 45.8 Å². The van der Waals surface area contributed by atoms with Crippen LogP contribution in [0.1, 0.15) is 46.3 Å². The summed E-state index contributed by atoms with van der Waals surface area (Å²) in [7, 11) is 0. The van der Waals surface area contributed by atoms with Crippen LogP contribution in [0.25, 0.3) is 11.1 Å². The monoisotopic (exact) mass is 719 g/mol. The first kappa shape index (κ1) is 35.0. The molecule has 6 rings (SSSR count). The van der Waals surface area contributed by atoms with Crippen LogP contribution in [0.15, 0.2) is 65.6 Å². The summed E-state index contributed by atoms with van der Waals surface area (Å²) >= 11 is 6.29. The lowest BCUT2D eigenvalue weighted by Gasteiger charge is -2.34. The van der Waals surface area contributed by atoms with E-state index in [1.807, 2.05) is 0 Å². The fourth-order valence-electron chi connectivity index (χ4n) is 6.33. The van der Waals surface area contributed by atoms with Crippen LogP contribution in [0, 0.1) is 18.6 Å². The summed E-state index contributed by atoms with van der Waals surface area (Å²) in [4.78, 5) is 41.3. The van der Waals surface area contributed by atoms with Crippen LogP contribution in [0.5, 0.6) is 11.5 Å². The summed E-state index contributed by atoms with van der Waals surface area (Å²) in [5.74, 6) is -4.66. The largest absolute Gasteiger partial charge is 0.481 e. The molecule has 3 heterocycles. The summed E-state index contributed by atoms with van der Waals surface area (Å²) in [5.41, 5.74) is -2.57. The number of ether oxygens (including phenoxy) is 1. The van der Waals surface area contributed by atoms with Crippen LogP contribution in [0.4, 0.5) is 26.3 Å². The van der Waals surface area contributed by atoms with Gasteiger partial charge in [0.25, 0.3) is 5.56 Å². The molecule has 4 bridgehead atoms. The molecule has 0 unspecified atom stereocenters. The molecule has 1 saturated heterocycles. The number of hydrogen-bond donors (Lipinski definition) is 2. The van der Waals surface area contributed by atoms with Gasteiger partial charge in [0.15, 0.2) is 0 Å². The lowest BCUT2D eigenvalue weighted by atomic mass is 9.94. The quantitative estimate of drug-likeness (QED) is 0.208. The zero-order chi connectivity index (χ0) is 36.1. The zero-order valence-corrected chi connectivity index (χ0v) is 26.9. The zero-order valence-electron chi connectivity index (χ0n) is 26.2. The molecule has 0 radical (unpaired) electrons. The number of alkyl halides is 4. The van der Waals surface area contributed by atoms with Gasteiger partial charge in [0.2, 0.25) is 5.91 Å². The number of nitrogens with zero attached hydrogens (tertiary/aromatic N) is 2. The number of carbonyl (C=O) groups excluding carboxylic acids is 1. The molecule has 2 aliphatic heterocycles. The Bertz CT molecular complexity index is 2060. The number of aryl methyl sites for hydroxylation is 1. The lowest BCUT2D eigenvalue weighted by Crippen LogP contribution is -2.49. The maximum atomic E-state index is 15.8. The van der Waals surface area contributed by atoms with Gasteiger partial charge in [0.1, 0.15) is 35.3 Å². The first-order chi connectivity index (χ1) is 23.6. The average molecular weight is 720 g/mol. The van der Waals surface area contributed by atoms with Crippen LogP contribution < -0.4 is 15.6 Å². The number of rotatable bonds is 6. The van der Waals surface area contributed by atoms with E-state index in [-0.39, 0.29) is 49.2 Å². The van der Waals surface area contributed by atoms with Gasteiger partial charge in [-0.2, -0.15) is 13.2 Å². The summed E-state index contributed by atoms with van der Waals surface area (Å²) in [5, 5.41) is 11.8. The predicted octanol–water partition coefficient (Wildman–Crippen LogP) is 7.00. The first-order valence-corrected chi connectivity index (χ1v) is 15.8. The maximum absolute atomic E-state index is 15.8. The van der Waals surface area contributed by atoms with Gasteiger partial charge in [-0.05, 0) is 66.4 Å². The molecule has 8 nitrogen and oxygen atoms in total. The molecule has 2 atom stereocenters. The van der Waals surface area contributed by atoms with Gasteiger partial charge in [0, 0.05) is 48.6 Å². The number of aromatic nitrogens is 1. The summed E-state index contributed by atoms with van der Waals surface area (Å²) in [6.45, 7) is 1.75. The van der Waals surface area contributed by atoms with Gasteiger partial charge >= 0.3 is 12.1 Å². The number of carboxylic acid groups (broad SMARTS) is 1. The number of aliphatic carboxylic acids is 1. The van der Waals surface area contributed by atoms with E-state index in [2.05, 4.69) is 5.32 Å². The molecule has 262 valence electrons. The minimum absolute atomic E-state index is 0.00780. The molecule has 2 N–H and O–H groups in total. The molecule has 0 spiro atoms. The van der Waals surface area contributed by atoms with Gasteiger partial charge in [-0.1, -0.05) is 23.7 Å². The van der Waals surface area contributed by atoms with Crippen molar-refractivity contribution in [2.45, 2.75) is 44.2 Å². The van der Waals surface area contributed by atoms with E-state index in [0.717, 1.165) is 18.3 Å². The molecule has 3 aromatic carbocycles. The van der Waals surface area contributed by atoms with Gasteiger partial charge in [-0.15, -0.1) is 0 Å². The van der Waals surface area contributed by atoms with E-state index < -0.39 is 81.6 Å². The number of likely N-dealkylation sites (tertiary alicyclic amines) is 1. The number of benzene rings is 3. The number of fused-ring (bicyclic) bond motifs is 6. The third-order valence-electron chi connectivity index (χ3n) is 8.75. The van der Waals surface area contributed by atoms with Gasteiger partial charge in [0.05, 0.1) is 23.0 Å². The fourth-order valence-corrected chi connectivity index (χ4v) is 6.56. The normalized spacial score (nSPS) is 18.1. The number of nitrogens with one attached hydrogen (secondary N) is 1. The number of carboxylic acids is 1. The molecule has 50 heavy (non-hydrogen) atoms. The van der Waals surface area contributed by atoms with Crippen molar-refractivity contribution in [1.29, 1.82) is 0 Å². The second-order valence-electron chi connectivity index (χ2n) is 12.2. The SMILES string of the molecule is Cc1cccc2c1-c1cc(Cl)c(F)c(c1)[C@H](CC(=O)O)NC(=O)[C@@H](n1cc(CCN3CC(F)C3)c(C(F)(F)F)cc1=O)c1cc(ccc1F)O2. The number of carbonyl (C=O) groups is 2.